The highest BCUT2D eigenvalue weighted by atomic mass is 16.6. The van der Waals surface area contributed by atoms with Crippen molar-refractivity contribution in [3.63, 3.8) is 0 Å². The minimum absolute atomic E-state index is 0.0545. The number of hydrogen-bond acceptors (Lipinski definition) is 5. The van der Waals surface area contributed by atoms with Crippen LogP contribution in [-0.4, -0.2) is 45.6 Å². The fraction of sp³-hybridized carbons (Fsp3) is 0.714. The highest BCUT2D eigenvalue weighted by Crippen LogP contribution is 2.50. The molecule has 0 heterocycles. The van der Waals surface area contributed by atoms with Crippen molar-refractivity contribution < 1.29 is 29.6 Å². The lowest BCUT2D eigenvalue weighted by Gasteiger charge is -2.19. The molecule has 7 atom stereocenters. The zero-order valence-corrected chi connectivity index (χ0v) is 21.1. The number of aliphatic hydroxyl groups excluding tert-OH is 2. The number of carbonyl (C=O) groups is 2. The molecule has 0 radical (unpaired) electrons. The number of allylic oxidation sites excluding steroid dienone is 2. The van der Waals surface area contributed by atoms with E-state index >= 15 is 0 Å². The molecule has 0 saturated heterocycles. The molecule has 2 rings (SSSR count). The Morgan fingerprint density at radius 1 is 1.24 bits per heavy atom. The lowest BCUT2D eigenvalue weighted by Crippen LogP contribution is -2.28. The number of aliphatic hydroxyl groups is 2. The van der Waals surface area contributed by atoms with E-state index < -0.39 is 24.1 Å². The summed E-state index contributed by atoms with van der Waals surface area (Å²) in [6.07, 6.45) is 9.27. The predicted octanol–water partition coefficient (Wildman–Crippen LogP) is 4.50. The average molecular weight is 475 g/mol. The van der Waals surface area contributed by atoms with Crippen molar-refractivity contribution in [1.82, 2.24) is 0 Å². The summed E-state index contributed by atoms with van der Waals surface area (Å²) in [7, 11) is 0. The normalized spacial score (nSPS) is 27.9. The number of rotatable bonds is 12. The van der Waals surface area contributed by atoms with Crippen LogP contribution in [0.3, 0.4) is 0 Å². The topological polar surface area (TPSA) is 104 Å². The van der Waals surface area contributed by atoms with Crippen molar-refractivity contribution in [2.45, 2.75) is 97.4 Å². The Labute approximate surface area is 204 Å². The van der Waals surface area contributed by atoms with E-state index in [1.807, 2.05) is 32.9 Å². The molecule has 2 saturated carbocycles. The van der Waals surface area contributed by atoms with Crippen molar-refractivity contribution in [3.05, 3.63) is 23.8 Å². The van der Waals surface area contributed by atoms with Gasteiger partial charge in [-0.2, -0.15) is 0 Å². The van der Waals surface area contributed by atoms with Crippen molar-refractivity contribution in [3.8, 4) is 11.8 Å². The van der Waals surface area contributed by atoms with Crippen molar-refractivity contribution in [2.75, 3.05) is 0 Å². The first-order valence-electron chi connectivity index (χ1n) is 12.7. The summed E-state index contributed by atoms with van der Waals surface area (Å²) in [5.74, 6) is 5.40. The maximum absolute atomic E-state index is 12.0. The summed E-state index contributed by atoms with van der Waals surface area (Å²) in [6, 6.07) is 0. The second-order valence-corrected chi connectivity index (χ2v) is 10.4. The molecule has 0 aliphatic heterocycles. The van der Waals surface area contributed by atoms with Crippen LogP contribution in [0.5, 0.6) is 0 Å². The average Bonchev–Trinajstić information content (AvgIpc) is 3.28. The number of ether oxygens (including phenoxy) is 1. The van der Waals surface area contributed by atoms with Gasteiger partial charge in [-0.3, -0.25) is 4.79 Å². The zero-order valence-electron chi connectivity index (χ0n) is 21.1. The maximum Gasteiger partial charge on any atom is 0.345 e. The quantitative estimate of drug-likeness (QED) is 0.167. The van der Waals surface area contributed by atoms with E-state index in [4.69, 9.17) is 4.74 Å². The highest BCUT2D eigenvalue weighted by molar-refractivity contribution is 5.77. The van der Waals surface area contributed by atoms with Crippen LogP contribution in [0.15, 0.2) is 23.8 Å². The van der Waals surface area contributed by atoms with Gasteiger partial charge in [0.25, 0.3) is 0 Å². The molecule has 190 valence electrons. The highest BCUT2D eigenvalue weighted by Gasteiger charge is 2.45. The molecule has 2 fully saturated rings. The number of esters is 1. The summed E-state index contributed by atoms with van der Waals surface area (Å²) < 4.78 is 5.14. The number of fused-ring (bicyclic) bond motifs is 1. The largest absolute Gasteiger partial charge is 0.479 e. The minimum Gasteiger partial charge on any atom is -0.479 e. The zero-order chi connectivity index (χ0) is 25.3. The van der Waals surface area contributed by atoms with Gasteiger partial charge in [-0.1, -0.05) is 44.6 Å². The molecule has 0 amide bonds. The second-order valence-electron chi connectivity index (χ2n) is 10.4. The Hall–Kier alpha value is -2.10. The van der Waals surface area contributed by atoms with Crippen LogP contribution in [0.25, 0.3) is 0 Å². The van der Waals surface area contributed by atoms with Crippen LogP contribution in [-0.2, 0) is 14.3 Å². The fourth-order valence-electron chi connectivity index (χ4n) is 5.15. The molecule has 6 nitrogen and oxygen atoms in total. The van der Waals surface area contributed by atoms with Crippen molar-refractivity contribution in [2.24, 2.45) is 29.6 Å². The van der Waals surface area contributed by atoms with Crippen molar-refractivity contribution in [1.29, 1.82) is 0 Å². The van der Waals surface area contributed by atoms with Crippen LogP contribution < -0.4 is 0 Å². The summed E-state index contributed by atoms with van der Waals surface area (Å²) in [5.41, 5.74) is 1.36. The van der Waals surface area contributed by atoms with E-state index in [9.17, 15) is 24.9 Å². The number of carboxylic acids is 1. The Morgan fingerprint density at radius 3 is 2.62 bits per heavy atom. The first kappa shape index (κ1) is 28.1. The van der Waals surface area contributed by atoms with Crippen LogP contribution in [0.4, 0.5) is 0 Å². The number of hydrogen-bond donors (Lipinski definition) is 3. The van der Waals surface area contributed by atoms with Gasteiger partial charge >= 0.3 is 11.9 Å². The van der Waals surface area contributed by atoms with Gasteiger partial charge in [0.1, 0.15) is 0 Å². The van der Waals surface area contributed by atoms with Gasteiger partial charge in [0.2, 0.25) is 0 Å². The van der Waals surface area contributed by atoms with Crippen LogP contribution >= 0.6 is 0 Å². The van der Waals surface area contributed by atoms with E-state index in [1.165, 1.54) is 5.57 Å². The van der Waals surface area contributed by atoms with Gasteiger partial charge in [-0.25, -0.2) is 4.79 Å². The first-order chi connectivity index (χ1) is 16.1. The molecule has 0 aromatic carbocycles. The molecule has 0 aromatic heterocycles. The maximum atomic E-state index is 12.0. The fourth-order valence-corrected chi connectivity index (χ4v) is 5.15. The minimum atomic E-state index is -1.09. The molecule has 6 heteroatoms. The van der Waals surface area contributed by atoms with E-state index in [0.29, 0.717) is 31.1 Å². The van der Waals surface area contributed by atoms with E-state index in [-0.39, 0.29) is 30.3 Å². The summed E-state index contributed by atoms with van der Waals surface area (Å²) >= 11 is 0. The number of aliphatic carboxylic acids is 1. The molecular formula is C28H42O6. The summed E-state index contributed by atoms with van der Waals surface area (Å²) in [5, 5.41) is 30.1. The Bertz CT molecular complexity index is 801. The molecule has 3 N–H and O–H groups in total. The van der Waals surface area contributed by atoms with E-state index in [2.05, 4.69) is 17.9 Å². The van der Waals surface area contributed by atoms with Gasteiger partial charge in [0.15, 0.2) is 6.10 Å². The van der Waals surface area contributed by atoms with E-state index in [0.717, 1.165) is 25.7 Å². The van der Waals surface area contributed by atoms with Crippen LogP contribution in [0.1, 0.15) is 79.1 Å². The number of unbranched alkanes of at least 4 members (excludes halogenated alkanes) is 1. The molecule has 0 spiro atoms. The van der Waals surface area contributed by atoms with Crippen molar-refractivity contribution >= 4 is 11.9 Å². The van der Waals surface area contributed by atoms with Gasteiger partial charge in [0.05, 0.1) is 12.2 Å². The molecule has 0 bridgehead atoms. The lowest BCUT2D eigenvalue weighted by atomic mass is 9.89. The van der Waals surface area contributed by atoms with E-state index in [1.54, 1.807) is 6.92 Å². The Morgan fingerprint density at radius 2 is 1.97 bits per heavy atom. The number of carbonyl (C=O) groups excluding carboxylic acids is 1. The molecule has 2 aliphatic rings. The summed E-state index contributed by atoms with van der Waals surface area (Å²) in [4.78, 5) is 23.3. The lowest BCUT2D eigenvalue weighted by molar-refractivity contribution is -0.165. The van der Waals surface area contributed by atoms with Gasteiger partial charge in [0, 0.05) is 18.8 Å². The van der Waals surface area contributed by atoms with Gasteiger partial charge in [-0.05, 0) is 69.1 Å². The SMILES string of the molecule is CC#CCC(C)[C@H](O)/C=C/[C@@H]1[C@H]2C/C(=C/CCCC(=O)OC(CC(C)C)C(=O)O)C[C@H]2C[C@H]1O. The second kappa shape index (κ2) is 13.7. The predicted molar refractivity (Wildman–Crippen MR) is 132 cm³/mol. The van der Waals surface area contributed by atoms with Gasteiger partial charge < -0.3 is 20.1 Å². The number of carboxylic acid groups (broad SMARTS) is 1. The molecule has 34 heavy (non-hydrogen) atoms. The van der Waals surface area contributed by atoms with Crippen LogP contribution in [0, 0.1) is 41.4 Å². The monoisotopic (exact) mass is 474 g/mol. The molecule has 0 aromatic rings. The molecule has 2 unspecified atom stereocenters. The third-order valence-electron chi connectivity index (χ3n) is 7.08. The summed E-state index contributed by atoms with van der Waals surface area (Å²) in [6.45, 7) is 7.57. The Kier molecular flexibility index (Phi) is 11.3. The standard InChI is InChI=1S/C28H42O6/c1-5-6-9-19(4)24(29)13-12-22-23-16-20(15-21(23)17-25(22)30)10-7-8-11-27(31)34-26(28(32)33)14-18(2)3/h10,12-13,18-19,21-26,29-30H,7-9,11,14-17H2,1-4H3,(H,32,33)/b13-12+,20-10+/t19?,21-,22+,23-,24+,25+,26?/m0/s1. The van der Waals surface area contributed by atoms with Gasteiger partial charge in [-0.15, -0.1) is 11.8 Å². The third-order valence-corrected chi connectivity index (χ3v) is 7.08. The molecular weight excluding hydrogens is 432 g/mol. The Balaban J connectivity index is 1.81. The van der Waals surface area contributed by atoms with Crippen LogP contribution in [0.2, 0.25) is 0 Å². The third kappa shape index (κ3) is 8.60. The smallest absolute Gasteiger partial charge is 0.345 e. The first-order valence-corrected chi connectivity index (χ1v) is 12.7. The molecule has 2 aliphatic carbocycles.